The molecule has 0 saturated carbocycles. The molecule has 0 unspecified atom stereocenters. The summed E-state index contributed by atoms with van der Waals surface area (Å²) in [4.78, 5) is 46.1. The van der Waals surface area contributed by atoms with Gasteiger partial charge in [-0.25, -0.2) is 4.98 Å². The van der Waals surface area contributed by atoms with Crippen LogP contribution in [0.25, 0.3) is 0 Å². The molecule has 3 heterocycles. The molecule has 0 atom stereocenters. The number of pyridine rings is 1. The Labute approximate surface area is 206 Å². The molecule has 35 heavy (non-hydrogen) atoms. The molecular formula is C27H34N4O4. The maximum Gasteiger partial charge on any atom is 0.228 e. The first kappa shape index (κ1) is 24.7. The molecule has 4 rings (SSSR count). The molecular weight excluding hydrogens is 444 g/mol. The van der Waals surface area contributed by atoms with Crippen LogP contribution in [0.4, 0.5) is 5.82 Å². The summed E-state index contributed by atoms with van der Waals surface area (Å²) in [6, 6.07) is 13.2. The van der Waals surface area contributed by atoms with E-state index in [1.54, 1.807) is 12.3 Å². The second-order valence-corrected chi connectivity index (χ2v) is 9.38. The first-order valence-electron chi connectivity index (χ1n) is 12.5. The topological polar surface area (TPSA) is 91.8 Å². The van der Waals surface area contributed by atoms with Gasteiger partial charge in [0.25, 0.3) is 0 Å². The number of likely N-dealkylation sites (tertiary alicyclic amines) is 2. The van der Waals surface area contributed by atoms with Crippen molar-refractivity contribution in [2.24, 2.45) is 11.8 Å². The number of para-hydroxylation sites is 1. The summed E-state index contributed by atoms with van der Waals surface area (Å²) >= 11 is 0. The lowest BCUT2D eigenvalue weighted by molar-refractivity contribution is -0.142. The van der Waals surface area contributed by atoms with Crippen molar-refractivity contribution in [1.29, 1.82) is 0 Å². The molecule has 1 N–H and O–H groups in total. The fraction of sp³-hybridized carbons (Fsp3) is 0.481. The number of carbonyl (C=O) groups is 3. The number of rotatable bonds is 7. The lowest BCUT2D eigenvalue weighted by atomic mass is 9.91. The zero-order valence-corrected chi connectivity index (χ0v) is 20.3. The molecule has 2 aromatic rings. The quantitative estimate of drug-likeness (QED) is 0.660. The molecule has 8 heteroatoms. The molecule has 0 radical (unpaired) electrons. The normalized spacial score (nSPS) is 17.2. The van der Waals surface area contributed by atoms with E-state index in [1.165, 1.54) is 0 Å². The van der Waals surface area contributed by atoms with Gasteiger partial charge in [-0.15, -0.1) is 0 Å². The summed E-state index contributed by atoms with van der Waals surface area (Å²) in [5, 5.41) is 2.89. The zero-order chi connectivity index (χ0) is 24.6. The molecule has 0 bridgehead atoms. The number of nitrogens with one attached hydrogen (secondary N) is 1. The van der Waals surface area contributed by atoms with Crippen LogP contribution in [-0.4, -0.2) is 65.3 Å². The number of nitrogens with zero attached hydrogens (tertiary/aromatic N) is 3. The monoisotopic (exact) mass is 478 g/mol. The molecule has 0 spiro atoms. The number of ether oxygens (including phenoxy) is 1. The number of aromatic nitrogens is 1. The van der Waals surface area contributed by atoms with Gasteiger partial charge in [0.05, 0.1) is 13.0 Å². The van der Waals surface area contributed by atoms with Crippen LogP contribution >= 0.6 is 0 Å². The van der Waals surface area contributed by atoms with Gasteiger partial charge in [0, 0.05) is 44.2 Å². The minimum Gasteiger partial charge on any atom is -0.493 e. The van der Waals surface area contributed by atoms with Crippen LogP contribution in [0, 0.1) is 18.8 Å². The molecule has 1 aromatic carbocycles. The standard InChI is InChI=1S/C27H34N4O4/c1-20-7-8-24(28-19-20)29-26(33)21-9-16-31(17-10-21)27(34)22-11-14-30(15-12-22)25(32)13-18-35-23-5-3-2-4-6-23/h2-8,19,21-22H,9-18H2,1H3,(H,28,29,33). The first-order valence-corrected chi connectivity index (χ1v) is 12.5. The Morgan fingerprint density at radius 3 is 2.23 bits per heavy atom. The molecule has 2 saturated heterocycles. The molecule has 186 valence electrons. The number of aryl methyl sites for hydroxylation is 1. The highest BCUT2D eigenvalue weighted by Crippen LogP contribution is 2.25. The lowest BCUT2D eigenvalue weighted by Crippen LogP contribution is -2.47. The number of piperidine rings is 2. The van der Waals surface area contributed by atoms with E-state index in [0.717, 1.165) is 11.3 Å². The number of anilines is 1. The lowest BCUT2D eigenvalue weighted by Gasteiger charge is -2.37. The van der Waals surface area contributed by atoms with Crippen LogP contribution in [0.3, 0.4) is 0 Å². The van der Waals surface area contributed by atoms with Gasteiger partial charge < -0.3 is 19.9 Å². The number of carbonyl (C=O) groups excluding carboxylic acids is 3. The van der Waals surface area contributed by atoms with Crippen molar-refractivity contribution in [2.45, 2.75) is 39.0 Å². The number of hydrogen-bond donors (Lipinski definition) is 1. The average Bonchev–Trinajstić information content (AvgIpc) is 2.90. The van der Waals surface area contributed by atoms with Crippen molar-refractivity contribution in [2.75, 3.05) is 38.1 Å². The summed E-state index contributed by atoms with van der Waals surface area (Å²) in [7, 11) is 0. The summed E-state index contributed by atoms with van der Waals surface area (Å²) in [5.74, 6) is 1.35. The van der Waals surface area contributed by atoms with E-state index in [1.807, 2.05) is 53.1 Å². The van der Waals surface area contributed by atoms with Crippen molar-refractivity contribution >= 4 is 23.5 Å². The molecule has 1 aromatic heterocycles. The Morgan fingerprint density at radius 2 is 1.57 bits per heavy atom. The highest BCUT2D eigenvalue weighted by molar-refractivity contribution is 5.92. The zero-order valence-electron chi connectivity index (χ0n) is 20.3. The van der Waals surface area contributed by atoms with Gasteiger partial charge in [-0.3, -0.25) is 14.4 Å². The highest BCUT2D eigenvalue weighted by atomic mass is 16.5. The number of hydrogen-bond acceptors (Lipinski definition) is 5. The predicted octanol–water partition coefficient (Wildman–Crippen LogP) is 3.27. The third-order valence-electron chi connectivity index (χ3n) is 6.86. The van der Waals surface area contributed by atoms with Crippen LogP contribution in [0.1, 0.15) is 37.7 Å². The Kier molecular flexibility index (Phi) is 8.34. The van der Waals surface area contributed by atoms with Crippen molar-refractivity contribution in [1.82, 2.24) is 14.8 Å². The van der Waals surface area contributed by atoms with E-state index in [4.69, 9.17) is 4.74 Å². The average molecular weight is 479 g/mol. The fourth-order valence-electron chi connectivity index (χ4n) is 4.70. The summed E-state index contributed by atoms with van der Waals surface area (Å²) in [6.07, 6.45) is 4.74. The molecule has 2 fully saturated rings. The van der Waals surface area contributed by atoms with Crippen LogP contribution < -0.4 is 10.1 Å². The number of benzene rings is 1. The van der Waals surface area contributed by atoms with E-state index >= 15 is 0 Å². The maximum absolute atomic E-state index is 13.0. The SMILES string of the molecule is Cc1ccc(NC(=O)C2CCN(C(=O)C3CCN(C(=O)CCOc4ccccc4)CC3)CC2)nc1. The van der Waals surface area contributed by atoms with Crippen molar-refractivity contribution < 1.29 is 19.1 Å². The Morgan fingerprint density at radius 1 is 0.914 bits per heavy atom. The smallest absolute Gasteiger partial charge is 0.228 e. The second kappa shape index (κ2) is 11.8. The van der Waals surface area contributed by atoms with E-state index in [2.05, 4.69) is 10.3 Å². The second-order valence-electron chi connectivity index (χ2n) is 9.38. The van der Waals surface area contributed by atoms with Crippen LogP contribution in [0.5, 0.6) is 5.75 Å². The third-order valence-corrected chi connectivity index (χ3v) is 6.86. The van der Waals surface area contributed by atoms with E-state index in [0.29, 0.717) is 70.7 Å². The first-order chi connectivity index (χ1) is 17.0. The van der Waals surface area contributed by atoms with Gasteiger partial charge in [0.1, 0.15) is 11.6 Å². The van der Waals surface area contributed by atoms with Gasteiger partial charge in [-0.1, -0.05) is 24.3 Å². The van der Waals surface area contributed by atoms with Gasteiger partial charge in [0.15, 0.2) is 0 Å². The molecule has 3 amide bonds. The van der Waals surface area contributed by atoms with Crippen molar-refractivity contribution in [3.8, 4) is 5.75 Å². The van der Waals surface area contributed by atoms with Gasteiger partial charge in [0.2, 0.25) is 17.7 Å². The van der Waals surface area contributed by atoms with E-state index in [-0.39, 0.29) is 29.6 Å². The van der Waals surface area contributed by atoms with Crippen molar-refractivity contribution in [3.05, 3.63) is 54.2 Å². The van der Waals surface area contributed by atoms with Crippen LogP contribution in [0.2, 0.25) is 0 Å². The Hall–Kier alpha value is -3.42. The van der Waals surface area contributed by atoms with Gasteiger partial charge >= 0.3 is 0 Å². The maximum atomic E-state index is 13.0. The molecule has 2 aliphatic rings. The number of amides is 3. The minimum absolute atomic E-state index is 0.0310. The summed E-state index contributed by atoms with van der Waals surface area (Å²) in [6.45, 7) is 4.69. The predicted molar refractivity (Wildman–Crippen MR) is 133 cm³/mol. The summed E-state index contributed by atoms with van der Waals surface area (Å²) < 4.78 is 5.63. The molecule has 0 aliphatic carbocycles. The van der Waals surface area contributed by atoms with Crippen LogP contribution in [0.15, 0.2) is 48.7 Å². The van der Waals surface area contributed by atoms with Gasteiger partial charge in [-0.05, 0) is 56.4 Å². The highest BCUT2D eigenvalue weighted by Gasteiger charge is 2.33. The van der Waals surface area contributed by atoms with E-state index in [9.17, 15) is 14.4 Å². The van der Waals surface area contributed by atoms with E-state index < -0.39 is 0 Å². The molecule has 8 nitrogen and oxygen atoms in total. The minimum atomic E-state index is -0.111. The fourth-order valence-corrected chi connectivity index (χ4v) is 4.70. The Bertz CT molecular complexity index is 996. The summed E-state index contributed by atoms with van der Waals surface area (Å²) in [5.41, 5.74) is 1.04. The molecule has 2 aliphatic heterocycles. The Balaban J connectivity index is 1.15. The van der Waals surface area contributed by atoms with Gasteiger partial charge in [-0.2, -0.15) is 0 Å². The third kappa shape index (κ3) is 6.81. The van der Waals surface area contributed by atoms with Crippen molar-refractivity contribution in [3.63, 3.8) is 0 Å². The van der Waals surface area contributed by atoms with Crippen LogP contribution in [-0.2, 0) is 14.4 Å². The largest absolute Gasteiger partial charge is 0.493 e.